The third kappa shape index (κ3) is 1.85. The quantitative estimate of drug-likeness (QED) is 0.346. The molecule has 4 aromatic carbocycles. The number of benzene rings is 4. The fraction of sp³-hybridized carbons (Fsp3) is 0.100. The molecule has 4 rings (SSSR count). The van der Waals surface area contributed by atoms with Crippen molar-refractivity contribution in [3.63, 3.8) is 0 Å². The Hall–Kier alpha value is -2.54. The summed E-state index contributed by atoms with van der Waals surface area (Å²) in [5.41, 5.74) is 1.24. The molecule has 4 aromatic rings. The fourth-order valence-electron chi connectivity index (χ4n) is 3.16. The smallest absolute Gasteiger partial charge is 0.113 e. The Morgan fingerprint density at radius 1 is 0.810 bits per heavy atom. The summed E-state index contributed by atoms with van der Waals surface area (Å²) < 4.78 is 5.58. The Morgan fingerprint density at radius 2 is 1.48 bits per heavy atom. The van der Waals surface area contributed by atoms with Gasteiger partial charge in [0.05, 0.1) is 6.26 Å². The monoisotopic (exact) mass is 272 g/mol. The van der Waals surface area contributed by atoms with Gasteiger partial charge in [-0.1, -0.05) is 60.7 Å². The van der Waals surface area contributed by atoms with Gasteiger partial charge in [-0.15, -0.1) is 0 Å². The lowest BCUT2D eigenvalue weighted by atomic mass is 9.92. The molecule has 0 saturated carbocycles. The molecule has 0 fully saturated rings. The van der Waals surface area contributed by atoms with Crippen LogP contribution in [0.1, 0.15) is 12.5 Å². The maximum absolute atomic E-state index is 5.58. The fourth-order valence-corrected chi connectivity index (χ4v) is 3.16. The molecule has 0 saturated heterocycles. The van der Waals surface area contributed by atoms with Crippen LogP contribution in [-0.4, -0.2) is 0 Å². The first-order valence-electron chi connectivity index (χ1n) is 7.26. The largest absolute Gasteiger partial charge is 0.497 e. The Balaban J connectivity index is 2.05. The number of hydrogen-bond acceptors (Lipinski definition) is 1. The Morgan fingerprint density at radius 3 is 2.24 bits per heavy atom. The van der Waals surface area contributed by atoms with Gasteiger partial charge in [-0.2, -0.15) is 0 Å². The van der Waals surface area contributed by atoms with Gasteiger partial charge < -0.3 is 4.74 Å². The predicted octanol–water partition coefficient (Wildman–Crippen LogP) is 5.63. The van der Waals surface area contributed by atoms with E-state index in [9.17, 15) is 0 Å². The maximum Gasteiger partial charge on any atom is 0.113 e. The summed E-state index contributed by atoms with van der Waals surface area (Å²) in [6.45, 7) is 2.57. The molecule has 1 nitrogen and oxygen atoms in total. The van der Waals surface area contributed by atoms with Crippen LogP contribution in [0.4, 0.5) is 0 Å². The van der Waals surface area contributed by atoms with E-state index in [1.807, 2.05) is 13.0 Å². The standard InChI is InChI=1S/C20H16O/c1-2-12-21-13-17-9-8-16-7-6-14-4-3-5-15-10-11-18(17)20(16)19(14)15/h2-12H,13H2,1H3/b12-2+. The van der Waals surface area contributed by atoms with Gasteiger partial charge in [0, 0.05) is 0 Å². The van der Waals surface area contributed by atoms with Crippen molar-refractivity contribution in [3.8, 4) is 0 Å². The average Bonchev–Trinajstić information content (AvgIpc) is 2.54. The first kappa shape index (κ1) is 12.2. The zero-order valence-corrected chi connectivity index (χ0v) is 12.0. The molecule has 0 aliphatic rings. The summed E-state index contributed by atoms with van der Waals surface area (Å²) in [4.78, 5) is 0. The maximum atomic E-state index is 5.58. The highest BCUT2D eigenvalue weighted by molar-refractivity contribution is 6.23. The highest BCUT2D eigenvalue weighted by Gasteiger charge is 2.10. The molecule has 0 radical (unpaired) electrons. The number of rotatable bonds is 3. The van der Waals surface area contributed by atoms with E-state index in [0.717, 1.165) is 0 Å². The normalized spacial score (nSPS) is 12.0. The molecule has 0 N–H and O–H groups in total. The first-order valence-corrected chi connectivity index (χ1v) is 7.26. The van der Waals surface area contributed by atoms with Crippen LogP contribution >= 0.6 is 0 Å². The van der Waals surface area contributed by atoms with Gasteiger partial charge in [-0.3, -0.25) is 0 Å². The Kier molecular flexibility index (Phi) is 2.78. The van der Waals surface area contributed by atoms with Gasteiger partial charge in [0.25, 0.3) is 0 Å². The second-order valence-corrected chi connectivity index (χ2v) is 5.36. The van der Waals surface area contributed by atoms with Crippen LogP contribution in [0.5, 0.6) is 0 Å². The van der Waals surface area contributed by atoms with Gasteiger partial charge in [0.1, 0.15) is 6.61 Å². The minimum atomic E-state index is 0.610. The van der Waals surface area contributed by atoms with Crippen LogP contribution in [0.15, 0.2) is 66.9 Å². The van der Waals surface area contributed by atoms with Crippen LogP contribution in [0, 0.1) is 0 Å². The van der Waals surface area contributed by atoms with E-state index >= 15 is 0 Å². The summed E-state index contributed by atoms with van der Waals surface area (Å²) in [5, 5.41) is 7.91. The van der Waals surface area contributed by atoms with E-state index in [2.05, 4.69) is 54.6 Å². The molecule has 0 heterocycles. The SMILES string of the molecule is C/C=C/OCc1ccc2ccc3cccc4ccc1c2c34. The zero-order valence-electron chi connectivity index (χ0n) is 12.0. The number of allylic oxidation sites excluding steroid dienone is 1. The van der Waals surface area contributed by atoms with Crippen molar-refractivity contribution < 1.29 is 4.74 Å². The van der Waals surface area contributed by atoms with Crippen LogP contribution in [0.2, 0.25) is 0 Å². The van der Waals surface area contributed by atoms with Crippen LogP contribution in [-0.2, 0) is 11.3 Å². The van der Waals surface area contributed by atoms with Crippen molar-refractivity contribution in [2.75, 3.05) is 0 Å². The molecular formula is C20H16O. The zero-order chi connectivity index (χ0) is 14.2. The number of ether oxygens (including phenoxy) is 1. The van der Waals surface area contributed by atoms with Gasteiger partial charge in [0.15, 0.2) is 0 Å². The molecule has 0 spiro atoms. The molecule has 0 bridgehead atoms. The van der Waals surface area contributed by atoms with Crippen LogP contribution in [0.3, 0.4) is 0 Å². The van der Waals surface area contributed by atoms with Crippen molar-refractivity contribution in [1.82, 2.24) is 0 Å². The lowest BCUT2D eigenvalue weighted by Gasteiger charge is -2.13. The molecule has 0 atom stereocenters. The minimum absolute atomic E-state index is 0.610. The van der Waals surface area contributed by atoms with Crippen molar-refractivity contribution in [2.45, 2.75) is 13.5 Å². The van der Waals surface area contributed by atoms with Gasteiger partial charge >= 0.3 is 0 Å². The van der Waals surface area contributed by atoms with Crippen molar-refractivity contribution in [3.05, 3.63) is 72.5 Å². The summed E-state index contributed by atoms with van der Waals surface area (Å²) in [6.07, 6.45) is 3.66. The minimum Gasteiger partial charge on any atom is -0.497 e. The van der Waals surface area contributed by atoms with E-state index in [4.69, 9.17) is 4.74 Å². The topological polar surface area (TPSA) is 9.23 Å². The molecule has 0 aliphatic carbocycles. The molecule has 102 valence electrons. The van der Waals surface area contributed by atoms with E-state index in [1.54, 1.807) is 6.26 Å². The summed E-state index contributed by atoms with van der Waals surface area (Å²) in [7, 11) is 0. The predicted molar refractivity (Wildman–Crippen MR) is 89.7 cm³/mol. The van der Waals surface area contributed by atoms with Crippen LogP contribution in [0.25, 0.3) is 32.3 Å². The third-order valence-corrected chi connectivity index (χ3v) is 4.09. The summed E-state index contributed by atoms with van der Waals surface area (Å²) >= 11 is 0. The highest BCUT2D eigenvalue weighted by Crippen LogP contribution is 2.35. The Bertz CT molecular complexity index is 934. The third-order valence-electron chi connectivity index (χ3n) is 4.09. The second kappa shape index (κ2) is 4.78. The molecular weight excluding hydrogens is 256 g/mol. The first-order chi connectivity index (χ1) is 10.4. The van der Waals surface area contributed by atoms with Crippen LogP contribution < -0.4 is 0 Å². The van der Waals surface area contributed by atoms with Crippen molar-refractivity contribution >= 4 is 32.3 Å². The van der Waals surface area contributed by atoms with Gasteiger partial charge in [-0.05, 0) is 44.8 Å². The van der Waals surface area contributed by atoms with Crippen molar-refractivity contribution in [2.24, 2.45) is 0 Å². The van der Waals surface area contributed by atoms with Gasteiger partial charge in [-0.25, -0.2) is 0 Å². The van der Waals surface area contributed by atoms with E-state index in [-0.39, 0.29) is 0 Å². The molecule has 21 heavy (non-hydrogen) atoms. The van der Waals surface area contributed by atoms with Crippen molar-refractivity contribution in [1.29, 1.82) is 0 Å². The van der Waals surface area contributed by atoms with E-state index in [0.29, 0.717) is 6.61 Å². The molecule has 0 aliphatic heterocycles. The van der Waals surface area contributed by atoms with E-state index < -0.39 is 0 Å². The highest BCUT2D eigenvalue weighted by atomic mass is 16.5. The second-order valence-electron chi connectivity index (χ2n) is 5.36. The summed E-state index contributed by atoms with van der Waals surface area (Å²) in [5.74, 6) is 0. The Labute approximate surface area is 123 Å². The molecule has 1 heteroatoms. The number of hydrogen-bond donors (Lipinski definition) is 0. The van der Waals surface area contributed by atoms with Gasteiger partial charge in [0.2, 0.25) is 0 Å². The molecule has 0 aromatic heterocycles. The molecule has 0 unspecified atom stereocenters. The lowest BCUT2D eigenvalue weighted by molar-refractivity contribution is 0.237. The molecule has 0 amide bonds. The average molecular weight is 272 g/mol. The summed E-state index contributed by atoms with van der Waals surface area (Å²) in [6, 6.07) is 19.7. The van der Waals surface area contributed by atoms with E-state index in [1.165, 1.54) is 37.9 Å². The lowest BCUT2D eigenvalue weighted by Crippen LogP contribution is -1.91.